The second kappa shape index (κ2) is 16.2. The number of aliphatic hydroxyl groups excluding tert-OH is 11. The van der Waals surface area contributed by atoms with Crippen molar-refractivity contribution in [1.29, 1.82) is 0 Å². The number of hydrogen-bond acceptors (Lipinski definition) is 18. The van der Waals surface area contributed by atoms with E-state index in [1.807, 2.05) is 13.8 Å². The van der Waals surface area contributed by atoms with E-state index in [4.69, 9.17) is 33.2 Å². The van der Waals surface area contributed by atoms with E-state index in [9.17, 15) is 56.2 Å². The van der Waals surface area contributed by atoms with Crippen LogP contribution in [0.25, 0.3) is 0 Å². The lowest BCUT2D eigenvalue weighted by molar-refractivity contribution is -0.356. The first-order valence-corrected chi connectivity index (χ1v) is 23.8. The van der Waals surface area contributed by atoms with Gasteiger partial charge in [-0.05, 0) is 117 Å². The summed E-state index contributed by atoms with van der Waals surface area (Å²) in [7, 11) is 0. The van der Waals surface area contributed by atoms with Crippen LogP contribution in [-0.2, 0) is 33.2 Å². The predicted octanol–water partition coefficient (Wildman–Crippen LogP) is -0.813. The van der Waals surface area contributed by atoms with E-state index in [-0.39, 0.29) is 52.6 Å². The predicted molar refractivity (Wildman–Crippen MR) is 220 cm³/mol. The second-order valence-electron chi connectivity index (χ2n) is 23.4. The summed E-state index contributed by atoms with van der Waals surface area (Å²) in [5.74, 6) is -0.226. The van der Waals surface area contributed by atoms with Gasteiger partial charge in [-0.2, -0.15) is 0 Å². The normalized spacial score (nSPS) is 58.2. The van der Waals surface area contributed by atoms with Gasteiger partial charge in [-0.15, -0.1) is 0 Å². The van der Waals surface area contributed by atoms with E-state index in [2.05, 4.69) is 34.6 Å². The molecule has 5 saturated carbocycles. The maximum Gasteiger partial charge on any atom is 0.187 e. The molecule has 25 atom stereocenters. The van der Waals surface area contributed by atoms with Gasteiger partial charge in [0.05, 0.1) is 55.4 Å². The van der Waals surface area contributed by atoms with E-state index in [0.29, 0.717) is 32.1 Å². The highest BCUT2D eigenvalue weighted by atomic mass is 16.8. The Morgan fingerprint density at radius 1 is 0.609 bits per heavy atom. The molecule has 9 fully saturated rings. The Labute approximate surface area is 375 Å². The Morgan fingerprint density at radius 3 is 1.95 bits per heavy atom. The highest BCUT2D eigenvalue weighted by Gasteiger charge is 2.85. The molecule has 18 heteroatoms. The van der Waals surface area contributed by atoms with Crippen LogP contribution in [0, 0.1) is 44.8 Å². The van der Waals surface area contributed by atoms with Crippen LogP contribution in [-0.4, -0.2) is 192 Å². The number of hydrogen-bond donors (Lipinski definition) is 11. The maximum atomic E-state index is 12.5. The third-order valence-corrected chi connectivity index (χ3v) is 19.5. The van der Waals surface area contributed by atoms with Crippen LogP contribution in [0.5, 0.6) is 0 Å². The minimum atomic E-state index is -1.63. The summed E-state index contributed by atoms with van der Waals surface area (Å²) >= 11 is 0. The van der Waals surface area contributed by atoms with Crippen molar-refractivity contribution < 1.29 is 89.3 Å². The Hall–Kier alpha value is -0.720. The Kier molecular flexibility index (Phi) is 12.2. The van der Waals surface area contributed by atoms with Gasteiger partial charge in [-0.3, -0.25) is 0 Å². The molecular formula is C46H76O18. The Morgan fingerprint density at radius 2 is 1.27 bits per heavy atom. The largest absolute Gasteiger partial charge is 0.394 e. The number of aliphatic hydroxyl groups is 11. The molecule has 2 spiro atoms. The standard InChI is InChI=1S/C46H76O18/c1-40(2)26(61-39-34(29(53)23(51)18-59-39)62-37-32(56)28(52)22(50)17-58-37)9-11-46-19-45(46)13-12-42(5)36(21(49)15-43(42,6)25(45)14-20(48)35(40)46)44(7)10-8-27(63-44)41(3,4)64-38-33(57)31(55)30(54)24(16-47)60-38/h20-39,47-57H,8-19H2,1-7H3/t20-,21-,22-,23+,24+,25-,26-,27-,28-,29-,30+,31-,32+,33+,34+,35-,36-,37-,38-,39-,42+,43-,44+,45-,46+/m0/s1. The van der Waals surface area contributed by atoms with Crippen LogP contribution in [0.3, 0.4) is 0 Å². The molecule has 0 radical (unpaired) electrons. The van der Waals surface area contributed by atoms with Crippen LogP contribution >= 0.6 is 0 Å². The molecule has 9 rings (SSSR count). The van der Waals surface area contributed by atoms with Crippen molar-refractivity contribution >= 4 is 0 Å². The molecule has 18 nitrogen and oxygen atoms in total. The summed E-state index contributed by atoms with van der Waals surface area (Å²) in [5, 5.41) is 119. The lowest BCUT2D eigenvalue weighted by atomic mass is 9.41. The lowest BCUT2D eigenvalue weighted by Crippen LogP contribution is -2.64. The second-order valence-corrected chi connectivity index (χ2v) is 23.4. The van der Waals surface area contributed by atoms with E-state index < -0.39 is 128 Å². The molecule has 9 aliphatic rings. The van der Waals surface area contributed by atoms with Gasteiger partial charge in [0.15, 0.2) is 18.9 Å². The summed E-state index contributed by atoms with van der Waals surface area (Å²) in [6.07, 6.45) is -13.9. The van der Waals surface area contributed by atoms with Crippen LogP contribution in [0.2, 0.25) is 0 Å². The first-order valence-electron chi connectivity index (χ1n) is 23.8. The monoisotopic (exact) mass is 917 g/mol. The SMILES string of the molecule is CC(C)(O[C@@H]1O[C@H](CO)[C@@H](O)[C@H](O)[C@H]1O)[C@@H]1CC[C@](C)([C@H]2[C@@H](O)C[C@@]3(C)[C@@H]4C[C@H](O)[C@H]5C(C)(C)[C@@H](O[C@@H]6OC[C@@H](O)[C@H](O)[C@H]6O[C@@H]6OC[C@H](O)[C@H](O)[C@H]6O)CC[C@@]56C[C@@]46CC[C@]23C)O1. The first kappa shape index (κ1) is 48.3. The highest BCUT2D eigenvalue weighted by Crippen LogP contribution is 2.89. The molecule has 4 heterocycles. The van der Waals surface area contributed by atoms with Gasteiger partial charge in [0.25, 0.3) is 0 Å². The Bertz CT molecular complexity index is 1720. The van der Waals surface area contributed by atoms with Crippen molar-refractivity contribution in [1.82, 2.24) is 0 Å². The van der Waals surface area contributed by atoms with E-state index >= 15 is 0 Å². The van der Waals surface area contributed by atoms with Gasteiger partial charge in [0, 0.05) is 5.92 Å². The maximum absolute atomic E-state index is 12.5. The molecule has 0 unspecified atom stereocenters. The number of ether oxygens (including phenoxy) is 7. The average Bonchev–Trinajstić information content (AvgIpc) is 3.59. The fourth-order valence-corrected chi connectivity index (χ4v) is 16.1. The summed E-state index contributed by atoms with van der Waals surface area (Å²) in [4.78, 5) is 0. The first-order chi connectivity index (χ1) is 29.8. The summed E-state index contributed by atoms with van der Waals surface area (Å²) in [6, 6.07) is 0. The molecule has 64 heavy (non-hydrogen) atoms. The summed E-state index contributed by atoms with van der Waals surface area (Å²) < 4.78 is 43.1. The third kappa shape index (κ3) is 6.93. The molecule has 368 valence electrons. The topological polar surface area (TPSA) is 287 Å². The van der Waals surface area contributed by atoms with Crippen LogP contribution < -0.4 is 0 Å². The zero-order chi connectivity index (χ0) is 46.5. The summed E-state index contributed by atoms with van der Waals surface area (Å²) in [6.45, 7) is 13.5. The fourth-order valence-electron chi connectivity index (χ4n) is 16.1. The minimum Gasteiger partial charge on any atom is -0.394 e. The van der Waals surface area contributed by atoms with Crippen LogP contribution in [0.4, 0.5) is 0 Å². The molecular weight excluding hydrogens is 840 g/mol. The van der Waals surface area contributed by atoms with Gasteiger partial charge in [-0.25, -0.2) is 0 Å². The Balaban J connectivity index is 0.907. The van der Waals surface area contributed by atoms with Gasteiger partial charge >= 0.3 is 0 Å². The molecule has 0 aromatic carbocycles. The van der Waals surface area contributed by atoms with Gasteiger partial charge in [0.2, 0.25) is 0 Å². The lowest BCUT2D eigenvalue weighted by Gasteiger charge is -2.64. The minimum absolute atomic E-state index is 0.0453. The fraction of sp³-hybridized carbons (Fsp3) is 1.00. The zero-order valence-electron chi connectivity index (χ0n) is 38.3. The molecule has 0 amide bonds. The molecule has 4 saturated heterocycles. The molecule has 11 N–H and O–H groups in total. The van der Waals surface area contributed by atoms with Crippen molar-refractivity contribution in [3.8, 4) is 0 Å². The molecule has 4 aliphatic heterocycles. The number of fused-ring (bicyclic) bond motifs is 2. The molecule has 0 bridgehead atoms. The van der Waals surface area contributed by atoms with Crippen LogP contribution in [0.15, 0.2) is 0 Å². The molecule has 0 aromatic rings. The summed E-state index contributed by atoms with van der Waals surface area (Å²) in [5.41, 5.74) is -3.22. The van der Waals surface area contributed by atoms with E-state index in [0.717, 1.165) is 25.7 Å². The number of rotatable bonds is 9. The highest BCUT2D eigenvalue weighted by molar-refractivity contribution is 5.33. The van der Waals surface area contributed by atoms with Crippen molar-refractivity contribution in [2.45, 2.75) is 222 Å². The van der Waals surface area contributed by atoms with E-state index in [1.165, 1.54) is 0 Å². The zero-order valence-corrected chi connectivity index (χ0v) is 38.3. The van der Waals surface area contributed by atoms with Crippen molar-refractivity contribution in [2.75, 3.05) is 19.8 Å². The van der Waals surface area contributed by atoms with Gasteiger partial charge in [0.1, 0.15) is 61.0 Å². The smallest absolute Gasteiger partial charge is 0.187 e. The van der Waals surface area contributed by atoms with E-state index in [1.54, 1.807) is 0 Å². The van der Waals surface area contributed by atoms with Crippen molar-refractivity contribution in [3.05, 3.63) is 0 Å². The van der Waals surface area contributed by atoms with Crippen LogP contribution in [0.1, 0.15) is 106 Å². The van der Waals surface area contributed by atoms with Gasteiger partial charge in [-0.1, -0.05) is 27.7 Å². The van der Waals surface area contributed by atoms with Gasteiger partial charge < -0.3 is 89.3 Å². The van der Waals surface area contributed by atoms with Crippen molar-refractivity contribution in [2.24, 2.45) is 44.8 Å². The molecule has 5 aliphatic carbocycles. The molecule has 0 aromatic heterocycles. The third-order valence-electron chi connectivity index (χ3n) is 19.5. The van der Waals surface area contributed by atoms with Crippen molar-refractivity contribution in [3.63, 3.8) is 0 Å². The average molecular weight is 917 g/mol. The quantitative estimate of drug-likeness (QED) is 0.126.